The molecule has 2 aromatic carbocycles. The Balaban J connectivity index is 1.51. The summed E-state index contributed by atoms with van der Waals surface area (Å²) in [6.45, 7) is 0.551. The van der Waals surface area contributed by atoms with E-state index in [1.54, 1.807) is 25.2 Å². The first-order valence-corrected chi connectivity index (χ1v) is 11.0. The number of aryl methyl sites for hydroxylation is 1. The molecule has 2 atom stereocenters. The van der Waals surface area contributed by atoms with Crippen molar-refractivity contribution in [2.45, 2.75) is 25.0 Å². The van der Waals surface area contributed by atoms with Crippen molar-refractivity contribution >= 4 is 40.0 Å². The first kappa shape index (κ1) is 21.8. The molecule has 2 unspecified atom stereocenters. The molecule has 10 heteroatoms. The number of amides is 3. The molecule has 1 saturated heterocycles. The van der Waals surface area contributed by atoms with Crippen LogP contribution < -0.4 is 10.7 Å². The molecule has 0 saturated carbocycles. The lowest BCUT2D eigenvalue weighted by atomic mass is 10.1. The summed E-state index contributed by atoms with van der Waals surface area (Å²) in [6, 6.07) is 14.0. The summed E-state index contributed by atoms with van der Waals surface area (Å²) in [6.07, 6.45) is 2.47. The van der Waals surface area contributed by atoms with Crippen molar-refractivity contribution in [2.75, 3.05) is 13.6 Å². The zero-order chi connectivity index (χ0) is 22.7. The molecule has 2 aliphatic rings. The van der Waals surface area contributed by atoms with Gasteiger partial charge in [-0.25, -0.2) is 15.2 Å². The highest BCUT2D eigenvalue weighted by atomic mass is 79.9. The van der Waals surface area contributed by atoms with Gasteiger partial charge in [0.25, 0.3) is 5.91 Å². The maximum absolute atomic E-state index is 12.6. The highest BCUT2D eigenvalue weighted by molar-refractivity contribution is 9.10. The van der Waals surface area contributed by atoms with Gasteiger partial charge in [0.2, 0.25) is 5.96 Å². The Morgan fingerprint density at radius 2 is 2.03 bits per heavy atom. The summed E-state index contributed by atoms with van der Waals surface area (Å²) in [5.74, 6) is 0.104. The van der Waals surface area contributed by atoms with Gasteiger partial charge in [0.15, 0.2) is 12.2 Å². The SMILES string of the molecule is CN1C(=O)NC(=O)C2C1N=C(N/N=C/c1cc(Br)ccc1O)N2CCCc1ccccc1. The average molecular weight is 499 g/mol. The van der Waals surface area contributed by atoms with Crippen LogP contribution in [0.4, 0.5) is 4.79 Å². The normalized spacial score (nSPS) is 20.4. The van der Waals surface area contributed by atoms with Gasteiger partial charge in [-0.1, -0.05) is 46.3 Å². The molecule has 3 amide bonds. The number of nitrogens with one attached hydrogen (secondary N) is 2. The summed E-state index contributed by atoms with van der Waals surface area (Å²) in [5.41, 5.74) is 4.61. The van der Waals surface area contributed by atoms with Crippen LogP contribution >= 0.6 is 15.9 Å². The topological polar surface area (TPSA) is 110 Å². The molecule has 166 valence electrons. The summed E-state index contributed by atoms with van der Waals surface area (Å²) >= 11 is 3.36. The van der Waals surface area contributed by atoms with Crippen LogP contribution in [0.25, 0.3) is 0 Å². The number of benzene rings is 2. The van der Waals surface area contributed by atoms with E-state index in [0.29, 0.717) is 18.1 Å². The highest BCUT2D eigenvalue weighted by Gasteiger charge is 2.48. The van der Waals surface area contributed by atoms with Gasteiger partial charge in [-0.3, -0.25) is 10.1 Å². The van der Waals surface area contributed by atoms with Crippen LogP contribution in [-0.4, -0.2) is 64.8 Å². The number of fused-ring (bicyclic) bond motifs is 1. The molecule has 0 radical (unpaired) electrons. The maximum atomic E-state index is 12.6. The van der Waals surface area contributed by atoms with Crippen LogP contribution in [0.2, 0.25) is 0 Å². The van der Waals surface area contributed by atoms with Gasteiger partial charge in [0.05, 0.1) is 6.21 Å². The smallest absolute Gasteiger partial charge is 0.325 e. The van der Waals surface area contributed by atoms with Gasteiger partial charge in [-0.2, -0.15) is 5.10 Å². The zero-order valence-electron chi connectivity index (χ0n) is 17.4. The Kier molecular flexibility index (Phi) is 6.40. The van der Waals surface area contributed by atoms with E-state index in [9.17, 15) is 14.7 Å². The van der Waals surface area contributed by atoms with E-state index < -0.39 is 18.2 Å². The second-order valence-corrected chi connectivity index (χ2v) is 8.49. The van der Waals surface area contributed by atoms with Gasteiger partial charge in [0, 0.05) is 23.6 Å². The van der Waals surface area contributed by atoms with Crippen LogP contribution in [0.5, 0.6) is 5.75 Å². The van der Waals surface area contributed by atoms with E-state index in [1.165, 1.54) is 16.7 Å². The monoisotopic (exact) mass is 498 g/mol. The quantitative estimate of drug-likeness (QED) is 0.418. The summed E-state index contributed by atoms with van der Waals surface area (Å²) < 4.78 is 0.806. The van der Waals surface area contributed by atoms with Crippen LogP contribution in [0.3, 0.4) is 0 Å². The zero-order valence-corrected chi connectivity index (χ0v) is 19.0. The number of imide groups is 1. The molecular formula is C22H23BrN6O3. The van der Waals surface area contributed by atoms with Gasteiger partial charge >= 0.3 is 6.03 Å². The maximum Gasteiger partial charge on any atom is 0.325 e. The van der Waals surface area contributed by atoms with Crippen molar-refractivity contribution in [2.24, 2.45) is 10.1 Å². The number of carbonyl (C=O) groups is 2. The summed E-state index contributed by atoms with van der Waals surface area (Å²) in [7, 11) is 1.61. The van der Waals surface area contributed by atoms with E-state index in [1.807, 2.05) is 23.1 Å². The van der Waals surface area contributed by atoms with Crippen molar-refractivity contribution < 1.29 is 14.7 Å². The standard InChI is InChI=1S/C22H23BrN6O3/c1-28-19-18(20(31)26-22(28)32)29(11-5-8-14-6-3-2-4-7-14)21(25-19)27-24-13-15-12-16(23)9-10-17(15)30/h2-4,6-7,9-10,12-13,18-19,30H,5,8,11H2,1H3,(H,25,27)(H,26,31,32)/b24-13+. The Bertz CT molecular complexity index is 1070. The van der Waals surface area contributed by atoms with Crippen LogP contribution in [0.15, 0.2) is 63.1 Å². The third-order valence-corrected chi connectivity index (χ3v) is 5.92. The number of aromatic hydroxyl groups is 1. The number of phenols is 1. The summed E-state index contributed by atoms with van der Waals surface area (Å²) in [4.78, 5) is 32.5. The van der Waals surface area contributed by atoms with E-state index in [-0.39, 0.29) is 11.7 Å². The fraction of sp³-hybridized carbons (Fsp3) is 0.273. The number of guanidine groups is 1. The van der Waals surface area contributed by atoms with Gasteiger partial charge in [-0.15, -0.1) is 0 Å². The lowest BCUT2D eigenvalue weighted by molar-refractivity contribution is -0.127. The van der Waals surface area contributed by atoms with Crippen LogP contribution in [0, 0.1) is 0 Å². The van der Waals surface area contributed by atoms with Crippen molar-refractivity contribution in [3.05, 3.63) is 64.1 Å². The van der Waals surface area contributed by atoms with E-state index in [4.69, 9.17) is 0 Å². The Hall–Kier alpha value is -3.40. The lowest BCUT2D eigenvalue weighted by Crippen LogP contribution is -2.64. The van der Waals surface area contributed by atoms with Crippen molar-refractivity contribution in [3.63, 3.8) is 0 Å². The fourth-order valence-corrected chi connectivity index (χ4v) is 4.13. The number of hydrogen-bond acceptors (Lipinski definition) is 7. The number of rotatable bonds is 6. The fourth-order valence-electron chi connectivity index (χ4n) is 3.75. The number of phenolic OH excluding ortho intramolecular Hbond substituents is 1. The molecular weight excluding hydrogens is 476 g/mol. The number of carbonyl (C=O) groups excluding carboxylic acids is 2. The number of hydrazone groups is 1. The third kappa shape index (κ3) is 4.59. The number of hydrogen-bond donors (Lipinski definition) is 3. The molecule has 9 nitrogen and oxygen atoms in total. The van der Waals surface area contributed by atoms with Gasteiger partial charge in [-0.05, 0) is 36.6 Å². The van der Waals surface area contributed by atoms with Crippen LogP contribution in [-0.2, 0) is 11.2 Å². The molecule has 2 heterocycles. The molecule has 1 fully saturated rings. The number of likely N-dealkylation sites (N-methyl/N-ethyl adjacent to an activating group) is 1. The van der Waals surface area contributed by atoms with Crippen molar-refractivity contribution in [1.29, 1.82) is 0 Å². The lowest BCUT2D eigenvalue weighted by Gasteiger charge is -2.36. The van der Waals surface area contributed by atoms with Crippen LogP contribution in [0.1, 0.15) is 17.5 Å². The molecule has 0 bridgehead atoms. The van der Waals surface area contributed by atoms with Crippen molar-refractivity contribution in [1.82, 2.24) is 20.5 Å². The predicted molar refractivity (Wildman–Crippen MR) is 124 cm³/mol. The number of halogens is 1. The minimum Gasteiger partial charge on any atom is -0.507 e. The number of aliphatic imine (C=N–C) groups is 1. The molecule has 3 N–H and O–H groups in total. The van der Waals surface area contributed by atoms with E-state index in [2.05, 4.69) is 48.9 Å². The molecule has 32 heavy (non-hydrogen) atoms. The highest BCUT2D eigenvalue weighted by Crippen LogP contribution is 2.24. The molecule has 2 aliphatic heterocycles. The minimum absolute atomic E-state index is 0.0882. The van der Waals surface area contributed by atoms with Crippen molar-refractivity contribution in [3.8, 4) is 5.75 Å². The van der Waals surface area contributed by atoms with Gasteiger partial charge < -0.3 is 14.9 Å². The minimum atomic E-state index is -0.634. The summed E-state index contributed by atoms with van der Waals surface area (Å²) in [5, 5.41) is 16.6. The number of nitrogens with zero attached hydrogens (tertiary/aromatic N) is 4. The number of urea groups is 1. The molecule has 0 spiro atoms. The predicted octanol–water partition coefficient (Wildman–Crippen LogP) is 2.26. The largest absolute Gasteiger partial charge is 0.507 e. The molecule has 2 aromatic rings. The first-order valence-electron chi connectivity index (χ1n) is 10.2. The van der Waals surface area contributed by atoms with Gasteiger partial charge in [0.1, 0.15) is 5.75 Å². The average Bonchev–Trinajstić information content (AvgIpc) is 3.14. The Morgan fingerprint density at radius 3 is 2.81 bits per heavy atom. The second-order valence-electron chi connectivity index (χ2n) is 7.57. The molecule has 0 aromatic heterocycles. The second kappa shape index (κ2) is 9.39. The first-order chi connectivity index (χ1) is 15.4. The van der Waals surface area contributed by atoms with E-state index >= 15 is 0 Å². The third-order valence-electron chi connectivity index (χ3n) is 5.43. The Labute approximate surface area is 193 Å². The molecule has 4 rings (SSSR count). The molecule has 0 aliphatic carbocycles. The Morgan fingerprint density at radius 1 is 1.25 bits per heavy atom. The van der Waals surface area contributed by atoms with E-state index in [0.717, 1.165) is 17.3 Å².